The van der Waals surface area contributed by atoms with Crippen LogP contribution in [0, 0.1) is 0 Å². The van der Waals surface area contributed by atoms with Crippen LogP contribution in [0.1, 0.15) is 18.7 Å². The lowest BCUT2D eigenvalue weighted by molar-refractivity contribution is 0.842. The Bertz CT molecular complexity index is 303. The predicted molar refractivity (Wildman–Crippen MR) is 70.7 cm³/mol. The number of nitrogens with two attached hydrogens (primary N) is 1. The summed E-state index contributed by atoms with van der Waals surface area (Å²) in [6.07, 6.45) is 5.14. The first-order valence-corrected chi connectivity index (χ1v) is 5.17. The first-order chi connectivity index (χ1) is 6.90. The topological polar surface area (TPSA) is 55.0 Å². The number of anilines is 1. The molecular weight excluding hydrogens is 247 g/mol. The fourth-order valence-corrected chi connectivity index (χ4v) is 1.76. The van der Waals surface area contributed by atoms with Crippen molar-refractivity contribution in [2.45, 2.75) is 19.3 Å². The Balaban J connectivity index is 0.00000112. The van der Waals surface area contributed by atoms with Gasteiger partial charge in [0.15, 0.2) is 0 Å². The van der Waals surface area contributed by atoms with Crippen LogP contribution in [0.25, 0.3) is 0 Å². The van der Waals surface area contributed by atoms with Gasteiger partial charge in [-0.2, -0.15) is 0 Å². The van der Waals surface area contributed by atoms with Gasteiger partial charge in [0, 0.05) is 25.7 Å². The van der Waals surface area contributed by atoms with Crippen molar-refractivity contribution in [2.24, 2.45) is 5.73 Å². The summed E-state index contributed by atoms with van der Waals surface area (Å²) >= 11 is 0. The second-order valence-corrected chi connectivity index (χ2v) is 3.56. The Labute approximate surface area is 108 Å². The number of halogens is 2. The molecule has 2 N–H and O–H groups in total. The van der Waals surface area contributed by atoms with Crippen LogP contribution in [0.5, 0.6) is 0 Å². The number of nitrogens with zero attached hydrogens (tertiary/aromatic N) is 3. The van der Waals surface area contributed by atoms with Gasteiger partial charge in [-0.25, -0.2) is 9.97 Å². The van der Waals surface area contributed by atoms with E-state index in [4.69, 9.17) is 5.73 Å². The van der Waals surface area contributed by atoms with E-state index < -0.39 is 0 Å². The van der Waals surface area contributed by atoms with Gasteiger partial charge in [-0.15, -0.1) is 24.8 Å². The Kier molecular flexibility index (Phi) is 7.38. The van der Waals surface area contributed by atoms with E-state index in [1.807, 2.05) is 12.3 Å². The Morgan fingerprint density at radius 1 is 1.25 bits per heavy atom. The number of hydrogen-bond donors (Lipinski definition) is 1. The smallest absolute Gasteiger partial charge is 0.132 e. The molecule has 1 aromatic heterocycles. The van der Waals surface area contributed by atoms with E-state index in [1.54, 1.807) is 0 Å². The molecule has 0 bridgehead atoms. The molecule has 1 saturated heterocycles. The van der Waals surface area contributed by atoms with Crippen molar-refractivity contribution < 1.29 is 0 Å². The molecule has 6 heteroatoms. The molecule has 0 amide bonds. The normalized spacial score (nSPS) is 14.2. The SMILES string of the molecule is Cl.Cl.NCCc1nccc(N2CCCC2)n1. The molecule has 4 nitrogen and oxygen atoms in total. The zero-order chi connectivity index (χ0) is 9.80. The highest BCUT2D eigenvalue weighted by Gasteiger charge is 2.13. The fraction of sp³-hybridized carbons (Fsp3) is 0.600. The summed E-state index contributed by atoms with van der Waals surface area (Å²) in [6, 6.07) is 1.98. The third-order valence-corrected chi connectivity index (χ3v) is 2.49. The number of rotatable bonds is 3. The summed E-state index contributed by atoms with van der Waals surface area (Å²) in [5.41, 5.74) is 5.47. The molecule has 92 valence electrons. The lowest BCUT2D eigenvalue weighted by Crippen LogP contribution is -2.20. The molecule has 0 aliphatic carbocycles. The minimum Gasteiger partial charge on any atom is -0.357 e. The molecule has 16 heavy (non-hydrogen) atoms. The summed E-state index contributed by atoms with van der Waals surface area (Å²) in [5.74, 6) is 1.91. The van der Waals surface area contributed by atoms with Gasteiger partial charge in [-0.05, 0) is 25.5 Å². The van der Waals surface area contributed by atoms with Gasteiger partial charge in [-0.1, -0.05) is 0 Å². The molecule has 0 atom stereocenters. The Morgan fingerprint density at radius 3 is 2.56 bits per heavy atom. The third kappa shape index (κ3) is 3.77. The maximum atomic E-state index is 5.47. The largest absolute Gasteiger partial charge is 0.357 e. The molecule has 1 fully saturated rings. The molecular formula is C10H18Cl2N4. The van der Waals surface area contributed by atoms with Crippen LogP contribution in [-0.2, 0) is 6.42 Å². The second-order valence-electron chi connectivity index (χ2n) is 3.56. The highest BCUT2D eigenvalue weighted by Crippen LogP contribution is 2.16. The van der Waals surface area contributed by atoms with Gasteiger partial charge < -0.3 is 10.6 Å². The zero-order valence-corrected chi connectivity index (χ0v) is 10.8. The summed E-state index contributed by atoms with van der Waals surface area (Å²) in [5, 5.41) is 0. The minimum absolute atomic E-state index is 0. The molecule has 0 spiro atoms. The van der Waals surface area contributed by atoms with Crippen molar-refractivity contribution in [1.29, 1.82) is 0 Å². The molecule has 2 heterocycles. The summed E-state index contributed by atoms with van der Waals surface area (Å²) < 4.78 is 0. The summed E-state index contributed by atoms with van der Waals surface area (Å²) in [6.45, 7) is 2.86. The lowest BCUT2D eigenvalue weighted by atomic mass is 10.4. The van der Waals surface area contributed by atoms with E-state index in [0.29, 0.717) is 6.54 Å². The van der Waals surface area contributed by atoms with E-state index in [0.717, 1.165) is 31.2 Å². The van der Waals surface area contributed by atoms with E-state index in [9.17, 15) is 0 Å². The molecule has 0 saturated carbocycles. The first kappa shape index (κ1) is 15.4. The molecule has 1 aromatic rings. The van der Waals surface area contributed by atoms with Crippen molar-refractivity contribution in [1.82, 2.24) is 9.97 Å². The van der Waals surface area contributed by atoms with E-state index in [-0.39, 0.29) is 24.8 Å². The van der Waals surface area contributed by atoms with Crippen LogP contribution in [0.4, 0.5) is 5.82 Å². The maximum absolute atomic E-state index is 5.47. The standard InChI is InChI=1S/C10H16N4.2ClH/c11-5-3-9-12-6-4-10(13-9)14-7-1-2-8-14;;/h4,6H,1-3,5,7-8,11H2;2*1H. The summed E-state index contributed by atoms with van der Waals surface area (Å²) in [4.78, 5) is 11.0. The van der Waals surface area contributed by atoms with Crippen LogP contribution < -0.4 is 10.6 Å². The average Bonchev–Trinajstić information content (AvgIpc) is 2.71. The highest BCUT2D eigenvalue weighted by atomic mass is 35.5. The second kappa shape index (κ2) is 7.65. The van der Waals surface area contributed by atoms with Gasteiger partial charge >= 0.3 is 0 Å². The van der Waals surface area contributed by atoms with Crippen LogP contribution in [0.15, 0.2) is 12.3 Å². The van der Waals surface area contributed by atoms with Gasteiger partial charge in [0.25, 0.3) is 0 Å². The zero-order valence-electron chi connectivity index (χ0n) is 9.13. The molecule has 2 rings (SSSR count). The van der Waals surface area contributed by atoms with Crippen molar-refractivity contribution >= 4 is 30.6 Å². The minimum atomic E-state index is 0. The van der Waals surface area contributed by atoms with Crippen molar-refractivity contribution in [3.63, 3.8) is 0 Å². The maximum Gasteiger partial charge on any atom is 0.132 e. The lowest BCUT2D eigenvalue weighted by Gasteiger charge is -2.16. The van der Waals surface area contributed by atoms with E-state index >= 15 is 0 Å². The highest BCUT2D eigenvalue weighted by molar-refractivity contribution is 5.85. The van der Waals surface area contributed by atoms with Crippen LogP contribution in [-0.4, -0.2) is 29.6 Å². The third-order valence-electron chi connectivity index (χ3n) is 2.49. The van der Waals surface area contributed by atoms with Gasteiger partial charge in [-0.3, -0.25) is 0 Å². The predicted octanol–water partition coefficient (Wildman–Crippen LogP) is 1.42. The molecule has 0 aromatic carbocycles. The monoisotopic (exact) mass is 264 g/mol. The van der Waals surface area contributed by atoms with Crippen molar-refractivity contribution in [3.8, 4) is 0 Å². The van der Waals surface area contributed by atoms with Crippen LogP contribution in [0.3, 0.4) is 0 Å². The van der Waals surface area contributed by atoms with Crippen molar-refractivity contribution in [3.05, 3.63) is 18.1 Å². The van der Waals surface area contributed by atoms with Gasteiger partial charge in [0.1, 0.15) is 11.6 Å². The fourth-order valence-electron chi connectivity index (χ4n) is 1.76. The Hall–Kier alpha value is -0.580. The van der Waals surface area contributed by atoms with Crippen molar-refractivity contribution in [2.75, 3.05) is 24.5 Å². The first-order valence-electron chi connectivity index (χ1n) is 5.17. The summed E-state index contributed by atoms with van der Waals surface area (Å²) in [7, 11) is 0. The van der Waals surface area contributed by atoms with E-state index in [1.165, 1.54) is 12.8 Å². The van der Waals surface area contributed by atoms with E-state index in [2.05, 4.69) is 14.9 Å². The molecule has 0 unspecified atom stereocenters. The van der Waals surface area contributed by atoms with Crippen LogP contribution in [0.2, 0.25) is 0 Å². The Morgan fingerprint density at radius 2 is 1.94 bits per heavy atom. The van der Waals surface area contributed by atoms with Gasteiger partial charge in [0.05, 0.1) is 0 Å². The quantitative estimate of drug-likeness (QED) is 0.898. The number of hydrogen-bond acceptors (Lipinski definition) is 4. The average molecular weight is 265 g/mol. The molecule has 1 aliphatic heterocycles. The van der Waals surface area contributed by atoms with Crippen LogP contribution >= 0.6 is 24.8 Å². The molecule has 1 aliphatic rings. The number of aromatic nitrogens is 2. The molecule has 0 radical (unpaired) electrons. The van der Waals surface area contributed by atoms with Gasteiger partial charge in [0.2, 0.25) is 0 Å².